The lowest BCUT2D eigenvalue weighted by molar-refractivity contribution is 0.521. The Kier molecular flexibility index (Phi) is 8.14. The van der Waals surface area contributed by atoms with E-state index in [1.54, 1.807) is 0 Å². The molecule has 0 spiro atoms. The number of rotatable bonds is 5. The second-order valence-electron chi connectivity index (χ2n) is 17.4. The van der Waals surface area contributed by atoms with E-state index in [0.717, 1.165) is 22.4 Å². The lowest BCUT2D eigenvalue weighted by Crippen LogP contribution is -2.36. The number of aromatic nitrogens is 3. The van der Waals surface area contributed by atoms with Crippen LogP contribution in [0.4, 0.5) is 17.1 Å². The standard InChI is InChI=1S/C54H46N4/c1-52(2)41-30-28-38(37-22-17-23-40(32-37)58-47-26-15-13-24-43(47)53(3,4)44-25-14-16-27-48(44)58)33-45(41)54(5,6)46-34-39(29-31-42(46)52)51-56-49(35-18-9-7-10-19-35)55-50(57-51)36-20-11-8-12-21-36/h7-34H,1-6H3. The second kappa shape index (κ2) is 13.2. The molecule has 0 radical (unpaired) electrons. The zero-order valence-corrected chi connectivity index (χ0v) is 34.0. The molecule has 0 N–H and O–H groups in total. The quantitative estimate of drug-likeness (QED) is 0.176. The molecule has 4 nitrogen and oxygen atoms in total. The minimum atomic E-state index is -0.294. The molecule has 0 bridgehead atoms. The number of nitrogens with zero attached hydrogens (tertiary/aromatic N) is 4. The molecule has 0 saturated heterocycles. The Morgan fingerprint density at radius 1 is 0.310 bits per heavy atom. The van der Waals surface area contributed by atoms with Crippen LogP contribution in [0.2, 0.25) is 0 Å². The number of anilines is 3. The Morgan fingerprint density at radius 2 is 0.707 bits per heavy atom. The summed E-state index contributed by atoms with van der Waals surface area (Å²) in [5, 5.41) is 0. The summed E-state index contributed by atoms with van der Waals surface area (Å²) in [4.78, 5) is 17.6. The molecule has 7 aromatic carbocycles. The first kappa shape index (κ1) is 35.7. The van der Waals surface area contributed by atoms with E-state index in [2.05, 4.69) is 180 Å². The summed E-state index contributed by atoms with van der Waals surface area (Å²) >= 11 is 0. The van der Waals surface area contributed by atoms with Gasteiger partial charge in [0.25, 0.3) is 0 Å². The largest absolute Gasteiger partial charge is 0.310 e. The predicted molar refractivity (Wildman–Crippen MR) is 239 cm³/mol. The minimum absolute atomic E-state index is 0.105. The van der Waals surface area contributed by atoms with Crippen LogP contribution < -0.4 is 4.90 Å². The molecular formula is C54H46N4. The van der Waals surface area contributed by atoms with Crippen molar-refractivity contribution in [2.24, 2.45) is 0 Å². The fourth-order valence-electron chi connectivity index (χ4n) is 9.53. The fraction of sp³-hybridized carbons (Fsp3) is 0.167. The maximum atomic E-state index is 5.09. The highest BCUT2D eigenvalue weighted by atomic mass is 15.2. The SMILES string of the molecule is CC1(C)c2ccccc2N(c2cccc(-c3ccc4c(c3)C(C)(C)c3cc(-c5nc(-c6ccccc6)nc(-c6ccccc6)n5)ccc3C4(C)C)c2)c2ccccc21. The molecular weight excluding hydrogens is 705 g/mol. The molecule has 1 aromatic heterocycles. The van der Waals surface area contributed by atoms with Crippen LogP contribution in [0.3, 0.4) is 0 Å². The second-order valence-corrected chi connectivity index (χ2v) is 17.4. The van der Waals surface area contributed by atoms with Crippen molar-refractivity contribution in [3.05, 3.63) is 203 Å². The molecule has 0 atom stereocenters. The Balaban J connectivity index is 1.07. The molecule has 2 aliphatic rings. The van der Waals surface area contributed by atoms with Crippen LogP contribution in [0.25, 0.3) is 45.3 Å². The molecule has 58 heavy (non-hydrogen) atoms. The first-order chi connectivity index (χ1) is 28.0. The summed E-state index contributed by atoms with van der Waals surface area (Å²) in [7, 11) is 0. The van der Waals surface area contributed by atoms with Crippen molar-refractivity contribution in [1.29, 1.82) is 0 Å². The molecule has 1 aliphatic carbocycles. The van der Waals surface area contributed by atoms with E-state index in [4.69, 9.17) is 15.0 Å². The predicted octanol–water partition coefficient (Wildman–Crippen LogP) is 13.6. The van der Waals surface area contributed by atoms with Crippen LogP contribution >= 0.6 is 0 Å². The van der Waals surface area contributed by atoms with Gasteiger partial charge in [-0.05, 0) is 80.9 Å². The number of hydrogen-bond donors (Lipinski definition) is 0. The summed E-state index contributed by atoms with van der Waals surface area (Å²) < 4.78 is 0. The first-order valence-electron chi connectivity index (χ1n) is 20.3. The van der Waals surface area contributed by atoms with E-state index in [0.29, 0.717) is 17.5 Å². The average Bonchev–Trinajstić information content (AvgIpc) is 3.26. The monoisotopic (exact) mass is 750 g/mol. The van der Waals surface area contributed by atoms with Gasteiger partial charge in [0, 0.05) is 38.6 Å². The summed E-state index contributed by atoms with van der Waals surface area (Å²) in [5.74, 6) is 2.00. The third-order valence-electron chi connectivity index (χ3n) is 12.8. The molecule has 4 heteroatoms. The molecule has 8 aromatic rings. The molecule has 1 aliphatic heterocycles. The van der Waals surface area contributed by atoms with Crippen molar-refractivity contribution in [2.75, 3.05) is 4.90 Å². The molecule has 2 heterocycles. The van der Waals surface area contributed by atoms with E-state index < -0.39 is 0 Å². The van der Waals surface area contributed by atoms with Gasteiger partial charge in [0.05, 0.1) is 11.4 Å². The Bertz CT molecular complexity index is 2760. The molecule has 10 rings (SSSR count). The van der Waals surface area contributed by atoms with Gasteiger partial charge >= 0.3 is 0 Å². The van der Waals surface area contributed by atoms with Crippen LogP contribution in [0.1, 0.15) is 74.9 Å². The van der Waals surface area contributed by atoms with Crippen LogP contribution in [0, 0.1) is 0 Å². The number of para-hydroxylation sites is 2. The summed E-state index contributed by atoms with van der Waals surface area (Å²) in [6.07, 6.45) is 0. The van der Waals surface area contributed by atoms with E-state index in [9.17, 15) is 0 Å². The highest BCUT2D eigenvalue weighted by molar-refractivity contribution is 5.87. The van der Waals surface area contributed by atoms with Gasteiger partial charge in [0.15, 0.2) is 17.5 Å². The lowest BCUT2D eigenvalue weighted by Gasteiger charge is -2.44. The summed E-state index contributed by atoms with van der Waals surface area (Å²) in [6, 6.07) is 61.1. The number of hydrogen-bond acceptors (Lipinski definition) is 4. The zero-order chi connectivity index (χ0) is 39.8. The topological polar surface area (TPSA) is 41.9 Å². The Hall–Kier alpha value is -6.65. The zero-order valence-electron chi connectivity index (χ0n) is 34.0. The molecule has 0 unspecified atom stereocenters. The Morgan fingerprint density at radius 3 is 1.26 bits per heavy atom. The Labute approximate surface area is 342 Å². The first-order valence-corrected chi connectivity index (χ1v) is 20.3. The van der Waals surface area contributed by atoms with Gasteiger partial charge in [-0.3, -0.25) is 0 Å². The molecule has 0 amide bonds. The third-order valence-corrected chi connectivity index (χ3v) is 12.8. The van der Waals surface area contributed by atoms with Crippen molar-refractivity contribution in [3.8, 4) is 45.3 Å². The minimum Gasteiger partial charge on any atom is -0.310 e. The van der Waals surface area contributed by atoms with E-state index in [1.165, 1.54) is 55.9 Å². The van der Waals surface area contributed by atoms with Crippen LogP contribution in [-0.2, 0) is 16.2 Å². The normalized spacial score (nSPS) is 15.4. The van der Waals surface area contributed by atoms with Crippen molar-refractivity contribution < 1.29 is 0 Å². The van der Waals surface area contributed by atoms with Gasteiger partial charge < -0.3 is 4.90 Å². The van der Waals surface area contributed by atoms with E-state index in [1.807, 2.05) is 36.4 Å². The van der Waals surface area contributed by atoms with Gasteiger partial charge in [0.1, 0.15) is 0 Å². The number of benzene rings is 7. The highest BCUT2D eigenvalue weighted by Gasteiger charge is 2.42. The third kappa shape index (κ3) is 5.61. The van der Waals surface area contributed by atoms with Crippen molar-refractivity contribution in [1.82, 2.24) is 15.0 Å². The molecule has 0 saturated carbocycles. The van der Waals surface area contributed by atoms with Crippen molar-refractivity contribution in [2.45, 2.75) is 57.8 Å². The van der Waals surface area contributed by atoms with Crippen molar-refractivity contribution >= 4 is 17.1 Å². The van der Waals surface area contributed by atoms with Crippen LogP contribution in [0.5, 0.6) is 0 Å². The lowest BCUT2D eigenvalue weighted by atomic mass is 9.59. The summed E-state index contributed by atoms with van der Waals surface area (Å²) in [6.45, 7) is 14.1. The molecule has 0 fully saturated rings. The van der Waals surface area contributed by atoms with Gasteiger partial charge in [-0.25, -0.2) is 15.0 Å². The van der Waals surface area contributed by atoms with Crippen LogP contribution in [0.15, 0.2) is 170 Å². The summed E-state index contributed by atoms with van der Waals surface area (Å²) in [5.41, 5.74) is 16.3. The smallest absolute Gasteiger partial charge is 0.164 e. The van der Waals surface area contributed by atoms with Gasteiger partial charge in [-0.1, -0.05) is 175 Å². The van der Waals surface area contributed by atoms with E-state index in [-0.39, 0.29) is 16.2 Å². The van der Waals surface area contributed by atoms with Crippen LogP contribution in [-0.4, -0.2) is 15.0 Å². The van der Waals surface area contributed by atoms with Gasteiger partial charge in [0.2, 0.25) is 0 Å². The fourth-order valence-corrected chi connectivity index (χ4v) is 9.53. The van der Waals surface area contributed by atoms with Gasteiger partial charge in [-0.15, -0.1) is 0 Å². The average molecular weight is 751 g/mol. The highest BCUT2D eigenvalue weighted by Crippen LogP contribution is 2.53. The molecule has 282 valence electrons. The van der Waals surface area contributed by atoms with Gasteiger partial charge in [-0.2, -0.15) is 0 Å². The maximum absolute atomic E-state index is 5.09. The van der Waals surface area contributed by atoms with Crippen molar-refractivity contribution in [3.63, 3.8) is 0 Å². The number of fused-ring (bicyclic) bond motifs is 4. The maximum Gasteiger partial charge on any atom is 0.164 e. The van der Waals surface area contributed by atoms with E-state index >= 15 is 0 Å².